The van der Waals surface area contributed by atoms with Crippen LogP contribution in [0.2, 0.25) is 0 Å². The number of benzene rings is 2. The largest absolute Gasteiger partial charge is 0.480 e. The van der Waals surface area contributed by atoms with Crippen molar-refractivity contribution in [3.8, 4) is 5.75 Å². The van der Waals surface area contributed by atoms with Gasteiger partial charge in [0.05, 0.1) is 26.0 Å². The smallest absolute Gasteiger partial charge is 0.416 e. The number of rotatable bonds is 6. The summed E-state index contributed by atoms with van der Waals surface area (Å²) in [4.78, 5) is 23.2. The van der Waals surface area contributed by atoms with E-state index in [0.717, 1.165) is 18.2 Å². The first-order chi connectivity index (χ1) is 13.6. The highest BCUT2D eigenvalue weighted by Crippen LogP contribution is 2.30. The van der Waals surface area contributed by atoms with Gasteiger partial charge >= 0.3 is 12.1 Å². The van der Waals surface area contributed by atoms with Crippen LogP contribution >= 0.6 is 45.2 Å². The van der Waals surface area contributed by atoms with Gasteiger partial charge in [-0.05, 0) is 81.1 Å². The van der Waals surface area contributed by atoms with E-state index in [4.69, 9.17) is 4.74 Å². The number of hydrogen-bond donors (Lipinski definition) is 1. The number of hydrogen-bond acceptors (Lipinski definition) is 5. The molecule has 0 aromatic heterocycles. The molecule has 2 aromatic carbocycles. The summed E-state index contributed by atoms with van der Waals surface area (Å²) < 4.78 is 49.5. The first kappa shape index (κ1) is 23.4. The Bertz CT molecular complexity index is 926. The van der Waals surface area contributed by atoms with Gasteiger partial charge in [-0.2, -0.15) is 18.3 Å². The molecule has 154 valence electrons. The molecule has 0 radical (unpaired) electrons. The predicted molar refractivity (Wildman–Crippen MR) is 116 cm³/mol. The monoisotopic (exact) mass is 632 g/mol. The molecule has 0 aliphatic carbocycles. The maximum atomic E-state index is 12.7. The second kappa shape index (κ2) is 10.2. The molecule has 11 heteroatoms. The van der Waals surface area contributed by atoms with Crippen LogP contribution in [0.25, 0.3) is 0 Å². The number of carbonyl (C=O) groups excluding carboxylic acids is 2. The van der Waals surface area contributed by atoms with Crippen molar-refractivity contribution in [1.82, 2.24) is 5.43 Å². The Balaban J connectivity index is 2.07. The van der Waals surface area contributed by atoms with Gasteiger partial charge in [-0.15, -0.1) is 0 Å². The van der Waals surface area contributed by atoms with Gasteiger partial charge in [-0.3, -0.25) is 4.79 Å². The topological polar surface area (TPSA) is 77.0 Å². The Kier molecular flexibility index (Phi) is 8.24. The fraction of sp³-hybridized carbons (Fsp3) is 0.167. The van der Waals surface area contributed by atoms with Gasteiger partial charge in [0.25, 0.3) is 5.91 Å². The van der Waals surface area contributed by atoms with Gasteiger partial charge in [0.15, 0.2) is 6.61 Å². The molecule has 0 unspecified atom stereocenters. The molecule has 0 saturated heterocycles. The lowest BCUT2D eigenvalue weighted by atomic mass is 10.1. The van der Waals surface area contributed by atoms with Gasteiger partial charge in [-0.25, -0.2) is 10.2 Å². The minimum absolute atomic E-state index is 0.160. The van der Waals surface area contributed by atoms with Crippen molar-refractivity contribution in [1.29, 1.82) is 0 Å². The summed E-state index contributed by atoms with van der Waals surface area (Å²) in [7, 11) is 1.26. The average molecular weight is 632 g/mol. The zero-order valence-corrected chi connectivity index (χ0v) is 19.0. The number of methoxy groups -OCH3 is 1. The normalized spacial score (nSPS) is 11.4. The fourth-order valence-corrected chi connectivity index (χ4v) is 4.18. The summed E-state index contributed by atoms with van der Waals surface area (Å²) in [6.07, 6.45) is -3.19. The van der Waals surface area contributed by atoms with E-state index in [1.54, 1.807) is 12.1 Å². The molecular formula is C18H13F3I2N2O4. The van der Waals surface area contributed by atoms with Crippen LogP contribution in [0.4, 0.5) is 13.2 Å². The number of nitrogens with zero attached hydrogens (tertiary/aromatic N) is 1. The highest BCUT2D eigenvalue weighted by atomic mass is 127. The predicted octanol–water partition coefficient (Wildman–Crippen LogP) is 4.23. The van der Waals surface area contributed by atoms with Crippen molar-refractivity contribution in [2.24, 2.45) is 5.10 Å². The number of carbonyl (C=O) groups is 2. The van der Waals surface area contributed by atoms with Crippen LogP contribution in [0.1, 0.15) is 21.5 Å². The molecule has 0 atom stereocenters. The van der Waals surface area contributed by atoms with E-state index in [1.165, 1.54) is 19.4 Å². The summed E-state index contributed by atoms with van der Waals surface area (Å²) >= 11 is 4.04. The Hall–Kier alpha value is -1.90. The van der Waals surface area contributed by atoms with Gasteiger partial charge in [0.1, 0.15) is 5.75 Å². The SMILES string of the molecule is COC(=O)COc1c(I)cc(/C=N\NC(=O)c2cccc(C(F)(F)F)c2)cc1I. The van der Waals surface area contributed by atoms with E-state index < -0.39 is 23.6 Å². The van der Waals surface area contributed by atoms with E-state index in [0.29, 0.717) is 18.5 Å². The lowest BCUT2D eigenvalue weighted by Crippen LogP contribution is -2.18. The summed E-state index contributed by atoms with van der Waals surface area (Å²) in [5.74, 6) is -0.781. The molecule has 0 bridgehead atoms. The molecule has 29 heavy (non-hydrogen) atoms. The van der Waals surface area contributed by atoms with Gasteiger partial charge in [-0.1, -0.05) is 6.07 Å². The number of esters is 1. The van der Waals surface area contributed by atoms with E-state index in [2.05, 4.69) is 15.3 Å². The van der Waals surface area contributed by atoms with Crippen molar-refractivity contribution in [3.63, 3.8) is 0 Å². The Morgan fingerprint density at radius 3 is 2.41 bits per heavy atom. The molecule has 2 rings (SSSR count). The first-order valence-corrected chi connectivity index (χ1v) is 9.97. The van der Waals surface area contributed by atoms with Crippen molar-refractivity contribution >= 4 is 63.3 Å². The molecule has 0 aliphatic heterocycles. The molecule has 1 N–H and O–H groups in total. The maximum absolute atomic E-state index is 12.7. The third-order valence-electron chi connectivity index (χ3n) is 3.41. The number of halogens is 5. The molecule has 0 saturated carbocycles. The number of nitrogens with one attached hydrogen (secondary N) is 1. The second-order valence-electron chi connectivity index (χ2n) is 5.46. The molecule has 6 nitrogen and oxygen atoms in total. The molecule has 0 spiro atoms. The highest BCUT2D eigenvalue weighted by molar-refractivity contribution is 14.1. The van der Waals surface area contributed by atoms with Gasteiger partial charge < -0.3 is 9.47 Å². The summed E-state index contributed by atoms with van der Waals surface area (Å²) in [5.41, 5.74) is 1.74. The Labute approximate surface area is 191 Å². The van der Waals surface area contributed by atoms with Crippen molar-refractivity contribution < 1.29 is 32.2 Å². The van der Waals surface area contributed by atoms with Crippen molar-refractivity contribution in [3.05, 3.63) is 60.2 Å². The molecule has 1 amide bonds. The zero-order valence-electron chi connectivity index (χ0n) is 14.7. The van der Waals surface area contributed by atoms with E-state index >= 15 is 0 Å². The second-order valence-corrected chi connectivity index (χ2v) is 7.78. The van der Waals surface area contributed by atoms with Crippen LogP contribution in [0.3, 0.4) is 0 Å². The number of alkyl halides is 3. The fourth-order valence-electron chi connectivity index (χ4n) is 2.05. The zero-order chi connectivity index (χ0) is 21.6. The minimum atomic E-state index is -4.54. The lowest BCUT2D eigenvalue weighted by molar-refractivity contribution is -0.143. The van der Waals surface area contributed by atoms with Crippen molar-refractivity contribution in [2.75, 3.05) is 13.7 Å². The van der Waals surface area contributed by atoms with Crippen LogP contribution in [0, 0.1) is 7.14 Å². The third kappa shape index (κ3) is 6.83. The molecule has 0 aliphatic rings. The summed E-state index contributed by atoms with van der Waals surface area (Å²) in [6, 6.07) is 7.46. The average Bonchev–Trinajstić information content (AvgIpc) is 2.66. The Morgan fingerprint density at radius 2 is 1.83 bits per heavy atom. The first-order valence-electron chi connectivity index (χ1n) is 7.81. The summed E-state index contributed by atoms with van der Waals surface area (Å²) in [5, 5.41) is 3.78. The van der Waals surface area contributed by atoms with Crippen LogP contribution in [0.5, 0.6) is 5.75 Å². The lowest BCUT2D eigenvalue weighted by Gasteiger charge is -2.10. The van der Waals surface area contributed by atoms with Gasteiger partial charge in [0, 0.05) is 5.56 Å². The molecule has 0 heterocycles. The van der Waals surface area contributed by atoms with Gasteiger partial charge in [0.2, 0.25) is 0 Å². The van der Waals surface area contributed by atoms with E-state index in [-0.39, 0.29) is 12.2 Å². The van der Waals surface area contributed by atoms with E-state index in [9.17, 15) is 22.8 Å². The van der Waals surface area contributed by atoms with Crippen molar-refractivity contribution in [2.45, 2.75) is 6.18 Å². The number of ether oxygens (including phenoxy) is 2. The number of amides is 1. The molecular weight excluding hydrogens is 619 g/mol. The van der Waals surface area contributed by atoms with Crippen LogP contribution in [-0.4, -0.2) is 31.8 Å². The minimum Gasteiger partial charge on any atom is -0.480 e. The van der Waals surface area contributed by atoms with Crippen LogP contribution in [-0.2, 0) is 15.7 Å². The molecule has 2 aromatic rings. The van der Waals surface area contributed by atoms with Crippen LogP contribution in [0.15, 0.2) is 41.5 Å². The molecule has 0 fully saturated rings. The quantitative estimate of drug-likeness (QED) is 0.224. The maximum Gasteiger partial charge on any atom is 0.416 e. The highest BCUT2D eigenvalue weighted by Gasteiger charge is 2.30. The van der Waals surface area contributed by atoms with Crippen LogP contribution < -0.4 is 10.2 Å². The Morgan fingerprint density at radius 1 is 1.17 bits per heavy atom. The standard InChI is InChI=1S/C18H13F3I2N2O4/c1-28-15(26)9-29-16-13(22)5-10(6-14(16)23)8-24-25-17(27)11-3-2-4-12(7-11)18(19,20)21/h2-8H,9H2,1H3,(H,25,27)/b24-8-. The van der Waals surface area contributed by atoms with E-state index in [1.807, 2.05) is 45.2 Å². The summed E-state index contributed by atoms with van der Waals surface area (Å²) in [6.45, 7) is -0.233. The third-order valence-corrected chi connectivity index (χ3v) is 5.02. The number of hydrazone groups is 1.